The van der Waals surface area contributed by atoms with E-state index >= 15 is 0 Å². The summed E-state index contributed by atoms with van der Waals surface area (Å²) >= 11 is 0. The molecule has 2 aromatic carbocycles. The predicted octanol–water partition coefficient (Wildman–Crippen LogP) is 3.48. The number of fused-ring (bicyclic) bond motifs is 1. The number of phenols is 1. The van der Waals surface area contributed by atoms with Crippen molar-refractivity contribution in [2.75, 3.05) is 0 Å². The highest BCUT2D eigenvalue weighted by atomic mass is 19.3. The molecule has 14 heavy (non-hydrogen) atoms. The van der Waals surface area contributed by atoms with E-state index in [4.69, 9.17) is 0 Å². The van der Waals surface area contributed by atoms with E-state index in [0.29, 0.717) is 5.39 Å². The Morgan fingerprint density at radius 1 is 1.00 bits per heavy atom. The highest BCUT2D eigenvalue weighted by molar-refractivity contribution is 5.91. The van der Waals surface area contributed by atoms with Crippen molar-refractivity contribution in [2.24, 2.45) is 0 Å². The van der Waals surface area contributed by atoms with Crippen LogP contribution in [0.4, 0.5) is 8.78 Å². The zero-order valence-electron chi connectivity index (χ0n) is 7.24. The molecule has 1 N–H and O–H groups in total. The molecular formula is C11H8F2O. The van der Waals surface area contributed by atoms with Gasteiger partial charge in [-0.05, 0) is 11.5 Å². The van der Waals surface area contributed by atoms with Crippen LogP contribution >= 0.6 is 0 Å². The summed E-state index contributed by atoms with van der Waals surface area (Å²) in [7, 11) is 0. The Morgan fingerprint density at radius 3 is 2.29 bits per heavy atom. The van der Waals surface area contributed by atoms with Crippen LogP contribution < -0.4 is 0 Å². The van der Waals surface area contributed by atoms with Gasteiger partial charge < -0.3 is 5.11 Å². The smallest absolute Gasteiger partial charge is 0.264 e. The van der Waals surface area contributed by atoms with E-state index in [1.54, 1.807) is 24.3 Å². The molecule has 2 aromatic rings. The molecule has 0 saturated carbocycles. The van der Waals surface area contributed by atoms with Crippen LogP contribution in [0.25, 0.3) is 10.8 Å². The Morgan fingerprint density at radius 2 is 1.64 bits per heavy atom. The summed E-state index contributed by atoms with van der Waals surface area (Å²) in [4.78, 5) is 0. The molecule has 0 aliphatic rings. The zero-order valence-corrected chi connectivity index (χ0v) is 7.24. The van der Waals surface area contributed by atoms with Gasteiger partial charge in [0.15, 0.2) is 0 Å². The lowest BCUT2D eigenvalue weighted by Crippen LogP contribution is -1.86. The van der Waals surface area contributed by atoms with Crippen molar-refractivity contribution in [3.63, 3.8) is 0 Å². The van der Waals surface area contributed by atoms with Crippen molar-refractivity contribution < 1.29 is 13.9 Å². The average Bonchev–Trinajstić information content (AvgIpc) is 2.17. The van der Waals surface area contributed by atoms with E-state index < -0.39 is 6.43 Å². The fraction of sp³-hybridized carbons (Fsp3) is 0.0909. The van der Waals surface area contributed by atoms with Gasteiger partial charge in [-0.15, -0.1) is 0 Å². The fourth-order valence-corrected chi connectivity index (χ4v) is 1.53. The largest absolute Gasteiger partial charge is 0.507 e. The molecule has 0 radical (unpaired) electrons. The average molecular weight is 194 g/mol. The van der Waals surface area contributed by atoms with Gasteiger partial charge in [0, 0.05) is 10.9 Å². The molecule has 0 unspecified atom stereocenters. The van der Waals surface area contributed by atoms with E-state index in [0.717, 1.165) is 0 Å². The van der Waals surface area contributed by atoms with Gasteiger partial charge in [0.2, 0.25) is 0 Å². The van der Waals surface area contributed by atoms with Crippen molar-refractivity contribution >= 4 is 10.8 Å². The lowest BCUT2D eigenvalue weighted by molar-refractivity contribution is 0.153. The third-order valence-electron chi connectivity index (χ3n) is 2.15. The highest BCUT2D eigenvalue weighted by Gasteiger charge is 2.13. The Hall–Kier alpha value is -1.64. The molecule has 0 aliphatic carbocycles. The molecule has 0 bridgehead atoms. The molecule has 0 aliphatic heterocycles. The van der Waals surface area contributed by atoms with Crippen LogP contribution in [0.3, 0.4) is 0 Å². The first kappa shape index (κ1) is 8.94. The van der Waals surface area contributed by atoms with Crippen LogP contribution in [-0.4, -0.2) is 5.11 Å². The Labute approximate surface area is 79.6 Å². The molecular weight excluding hydrogens is 186 g/mol. The Kier molecular flexibility index (Phi) is 2.08. The molecule has 2 rings (SSSR count). The SMILES string of the molecule is Oc1cccc2cccc(C(F)F)c12. The topological polar surface area (TPSA) is 20.2 Å². The number of aromatic hydroxyl groups is 1. The molecule has 0 aromatic heterocycles. The van der Waals surface area contributed by atoms with E-state index in [1.165, 1.54) is 12.1 Å². The minimum atomic E-state index is -2.56. The van der Waals surface area contributed by atoms with Gasteiger partial charge in [-0.2, -0.15) is 0 Å². The molecule has 0 saturated heterocycles. The second-order valence-corrected chi connectivity index (χ2v) is 3.02. The molecule has 72 valence electrons. The normalized spacial score (nSPS) is 11.1. The van der Waals surface area contributed by atoms with Crippen molar-refractivity contribution in [1.82, 2.24) is 0 Å². The summed E-state index contributed by atoms with van der Waals surface area (Å²) in [6.45, 7) is 0. The number of rotatable bonds is 1. The van der Waals surface area contributed by atoms with Gasteiger partial charge in [-0.3, -0.25) is 0 Å². The van der Waals surface area contributed by atoms with E-state index in [-0.39, 0.29) is 16.7 Å². The van der Waals surface area contributed by atoms with Gasteiger partial charge in [-0.25, -0.2) is 8.78 Å². The van der Waals surface area contributed by atoms with Crippen LogP contribution in [0, 0.1) is 0 Å². The third kappa shape index (κ3) is 1.31. The van der Waals surface area contributed by atoms with Crippen molar-refractivity contribution in [3.05, 3.63) is 42.0 Å². The van der Waals surface area contributed by atoms with Crippen LogP contribution in [-0.2, 0) is 0 Å². The monoisotopic (exact) mass is 194 g/mol. The molecule has 0 fully saturated rings. The molecule has 0 heterocycles. The molecule has 3 heteroatoms. The highest BCUT2D eigenvalue weighted by Crippen LogP contribution is 2.33. The first-order valence-corrected chi connectivity index (χ1v) is 4.19. The number of halogens is 2. The number of hydrogen-bond donors (Lipinski definition) is 1. The second-order valence-electron chi connectivity index (χ2n) is 3.02. The minimum absolute atomic E-state index is 0.0987. The summed E-state index contributed by atoms with van der Waals surface area (Å²) in [5.41, 5.74) is -0.124. The van der Waals surface area contributed by atoms with Crippen LogP contribution in [0.1, 0.15) is 12.0 Å². The maximum Gasteiger partial charge on any atom is 0.264 e. The summed E-state index contributed by atoms with van der Waals surface area (Å²) in [5, 5.41) is 10.3. The van der Waals surface area contributed by atoms with Crippen LogP contribution in [0.2, 0.25) is 0 Å². The summed E-state index contributed by atoms with van der Waals surface area (Å²) < 4.78 is 25.1. The third-order valence-corrected chi connectivity index (χ3v) is 2.15. The van der Waals surface area contributed by atoms with E-state index in [1.807, 2.05) is 0 Å². The van der Waals surface area contributed by atoms with Gasteiger partial charge in [-0.1, -0.05) is 30.3 Å². The first-order valence-electron chi connectivity index (χ1n) is 4.19. The second kappa shape index (κ2) is 3.25. The Balaban J connectivity index is 2.84. The number of benzene rings is 2. The van der Waals surface area contributed by atoms with Crippen molar-refractivity contribution in [2.45, 2.75) is 6.43 Å². The Bertz CT molecular complexity index is 461. The standard InChI is InChI=1S/C11H8F2O/c12-11(13)8-5-1-3-7-4-2-6-9(14)10(7)8/h1-6,11,14H. The lowest BCUT2D eigenvalue weighted by atomic mass is 10.0. The summed E-state index contributed by atoms with van der Waals surface area (Å²) in [5.74, 6) is -0.0987. The molecule has 0 amide bonds. The zero-order chi connectivity index (χ0) is 10.1. The van der Waals surface area contributed by atoms with E-state index in [9.17, 15) is 13.9 Å². The van der Waals surface area contributed by atoms with Gasteiger partial charge in [0.25, 0.3) is 6.43 Å². The first-order chi connectivity index (χ1) is 6.70. The van der Waals surface area contributed by atoms with Gasteiger partial charge in [0.1, 0.15) is 5.75 Å². The van der Waals surface area contributed by atoms with Crippen LogP contribution in [0.5, 0.6) is 5.75 Å². The minimum Gasteiger partial charge on any atom is -0.507 e. The number of phenolic OH excluding ortho intramolecular Hbond substituents is 1. The van der Waals surface area contributed by atoms with Gasteiger partial charge >= 0.3 is 0 Å². The molecule has 1 nitrogen and oxygen atoms in total. The van der Waals surface area contributed by atoms with Crippen molar-refractivity contribution in [1.29, 1.82) is 0 Å². The molecule has 0 atom stereocenters. The maximum atomic E-state index is 12.6. The van der Waals surface area contributed by atoms with E-state index in [2.05, 4.69) is 0 Å². The van der Waals surface area contributed by atoms with Crippen LogP contribution in [0.15, 0.2) is 36.4 Å². The van der Waals surface area contributed by atoms with Crippen molar-refractivity contribution in [3.8, 4) is 5.75 Å². The maximum absolute atomic E-state index is 12.6. The fourth-order valence-electron chi connectivity index (χ4n) is 1.53. The number of alkyl halides is 2. The number of hydrogen-bond acceptors (Lipinski definition) is 1. The lowest BCUT2D eigenvalue weighted by Gasteiger charge is -2.06. The predicted molar refractivity (Wildman–Crippen MR) is 50.6 cm³/mol. The summed E-state index contributed by atoms with van der Waals surface area (Å²) in [6, 6.07) is 9.32. The summed E-state index contributed by atoms with van der Waals surface area (Å²) in [6.07, 6.45) is -2.56. The molecule has 0 spiro atoms. The quantitative estimate of drug-likeness (QED) is 0.736. The van der Waals surface area contributed by atoms with Gasteiger partial charge in [0.05, 0.1) is 0 Å².